The van der Waals surface area contributed by atoms with Gasteiger partial charge in [0.05, 0.1) is 0 Å². The van der Waals surface area contributed by atoms with Crippen LogP contribution in [0.15, 0.2) is 132 Å². The molecule has 0 spiro atoms. The summed E-state index contributed by atoms with van der Waals surface area (Å²) in [5.74, 6) is 2.28. The van der Waals surface area contributed by atoms with Crippen molar-refractivity contribution in [1.82, 2.24) is 0 Å². The van der Waals surface area contributed by atoms with Crippen LogP contribution < -0.4 is 9.05 Å². The summed E-state index contributed by atoms with van der Waals surface area (Å²) in [5.41, 5.74) is 13.0. The molecule has 300 valence electrons. The molecule has 60 heavy (non-hydrogen) atoms. The molecule has 6 nitrogen and oxygen atoms in total. The predicted molar refractivity (Wildman–Crippen MR) is 249 cm³/mol. The number of hydrogen-bond acceptors (Lipinski definition) is 6. The molecule has 0 saturated carbocycles. The Bertz CT molecular complexity index is 3280. The number of hydrogen-bond donors (Lipinski definition) is 0. The molecule has 2 heterocycles. The van der Waals surface area contributed by atoms with Crippen molar-refractivity contribution in [2.75, 3.05) is 0 Å². The van der Waals surface area contributed by atoms with E-state index in [0.29, 0.717) is 11.5 Å². The maximum atomic E-state index is 7.11. The van der Waals surface area contributed by atoms with Crippen LogP contribution in [0.25, 0.3) is 71.7 Å². The fraction of sp³-hybridized carbons (Fsp3) is 0.192. The molecule has 10 rings (SSSR count). The third kappa shape index (κ3) is 6.69. The molecule has 2 aromatic heterocycles. The Morgan fingerprint density at radius 2 is 0.917 bits per heavy atom. The van der Waals surface area contributed by atoms with E-state index < -0.39 is 16.5 Å². The molecule has 0 aliphatic heterocycles. The smallest absolute Gasteiger partial charge is 0.394 e. The van der Waals surface area contributed by atoms with Crippen LogP contribution in [0.4, 0.5) is 0 Å². The SMILES string of the molecule is CC1=Cc2c(op(Oc3ccc4ccccc4c3-c3c(Op4oc5c(C)cc(C)cc5c5cc(C)cc(C)c5o4)ccc4ccccc34)oc3c(C)cc(C)cc23)C(C)C1. The van der Waals surface area contributed by atoms with Crippen LogP contribution in [0.5, 0.6) is 11.5 Å². The van der Waals surface area contributed by atoms with E-state index in [0.717, 1.165) is 111 Å². The molecule has 0 fully saturated rings. The van der Waals surface area contributed by atoms with Crippen molar-refractivity contribution in [3.05, 3.63) is 159 Å². The molecule has 7 aromatic carbocycles. The van der Waals surface area contributed by atoms with Crippen LogP contribution in [0.1, 0.15) is 70.9 Å². The second-order valence-electron chi connectivity index (χ2n) is 16.6. The molecule has 2 atom stereocenters. The first kappa shape index (κ1) is 38.2. The summed E-state index contributed by atoms with van der Waals surface area (Å²) >= 11 is 0. The zero-order valence-electron chi connectivity index (χ0n) is 35.1. The highest BCUT2D eigenvalue weighted by Gasteiger charge is 2.26. The summed E-state index contributed by atoms with van der Waals surface area (Å²) < 4.78 is 41.7. The fourth-order valence-corrected chi connectivity index (χ4v) is 11.6. The molecule has 1 aliphatic carbocycles. The van der Waals surface area contributed by atoms with Gasteiger partial charge in [0.1, 0.15) is 34.0 Å². The second-order valence-corrected chi connectivity index (χ2v) is 18.6. The summed E-state index contributed by atoms with van der Waals surface area (Å²) in [7, 11) is -3.94. The number of aryl methyl sites for hydroxylation is 6. The average molecular weight is 829 g/mol. The summed E-state index contributed by atoms with van der Waals surface area (Å²) in [6, 6.07) is 38.0. The van der Waals surface area contributed by atoms with E-state index in [1.807, 2.05) is 12.1 Å². The fourth-order valence-electron chi connectivity index (χ4n) is 9.14. The van der Waals surface area contributed by atoms with Crippen molar-refractivity contribution in [3.63, 3.8) is 0 Å². The molecule has 0 radical (unpaired) electrons. The number of benzene rings is 7. The van der Waals surface area contributed by atoms with Crippen molar-refractivity contribution in [3.8, 4) is 22.6 Å². The maximum Gasteiger partial charge on any atom is 0.453 e. The minimum Gasteiger partial charge on any atom is -0.394 e. The zero-order valence-corrected chi connectivity index (χ0v) is 36.9. The Kier molecular flexibility index (Phi) is 9.47. The molecule has 2 unspecified atom stereocenters. The van der Waals surface area contributed by atoms with Crippen molar-refractivity contribution < 1.29 is 25.8 Å². The standard InChI is InChI=1S/C52H46O6P2/c1-29-21-33(5)49-41(25-29)42-26-30(2)22-34(6)50(42)56-59(55-49)53-45-19-17-37-13-9-11-15-39(37)47(45)48-40-16-12-10-14-38(40)18-20-46(48)54-60-57-51-35(7)23-31(3)27-43(51)44-28-32(4)24-36(8)52(44)58-60/h9-23,25-28,36H,24H2,1-8H3. The Morgan fingerprint density at radius 3 is 1.42 bits per heavy atom. The van der Waals surface area contributed by atoms with Gasteiger partial charge in [-0.3, -0.25) is 0 Å². The Labute approximate surface area is 351 Å². The molecule has 8 heteroatoms. The molecule has 9 aromatic rings. The molecule has 0 bridgehead atoms. The Morgan fingerprint density at radius 1 is 0.483 bits per heavy atom. The van der Waals surface area contributed by atoms with Crippen LogP contribution in [0.2, 0.25) is 0 Å². The molecular formula is C52H46O6P2. The van der Waals surface area contributed by atoms with Gasteiger partial charge in [-0.05, 0) is 140 Å². The number of fused-ring (bicyclic) bond motifs is 8. The van der Waals surface area contributed by atoms with E-state index in [-0.39, 0.29) is 5.92 Å². The molecular weight excluding hydrogens is 783 g/mol. The lowest BCUT2D eigenvalue weighted by molar-refractivity contribution is 0.447. The molecule has 0 saturated heterocycles. The van der Waals surface area contributed by atoms with Gasteiger partial charge in [0.25, 0.3) is 0 Å². The monoisotopic (exact) mass is 828 g/mol. The summed E-state index contributed by atoms with van der Waals surface area (Å²) in [5, 5.41) is 7.16. The van der Waals surface area contributed by atoms with E-state index in [9.17, 15) is 0 Å². The lowest BCUT2D eigenvalue weighted by Gasteiger charge is -2.19. The molecule has 0 amide bonds. The molecule has 1 aliphatic rings. The van der Waals surface area contributed by atoms with E-state index in [1.165, 1.54) is 11.1 Å². The van der Waals surface area contributed by atoms with Crippen LogP contribution >= 0.6 is 16.5 Å². The maximum absolute atomic E-state index is 7.11. The van der Waals surface area contributed by atoms with Crippen LogP contribution in [0, 0.1) is 41.5 Å². The highest BCUT2D eigenvalue weighted by Crippen LogP contribution is 2.51. The van der Waals surface area contributed by atoms with Crippen molar-refractivity contribution in [2.45, 2.75) is 67.7 Å². The first-order valence-electron chi connectivity index (χ1n) is 20.5. The zero-order chi connectivity index (χ0) is 41.4. The first-order valence-corrected chi connectivity index (χ1v) is 22.7. The Hall–Kier alpha value is -6.06. The summed E-state index contributed by atoms with van der Waals surface area (Å²) in [4.78, 5) is 0. The van der Waals surface area contributed by atoms with Gasteiger partial charge in [-0.25, -0.2) is 0 Å². The highest BCUT2D eigenvalue weighted by molar-refractivity contribution is 7.32. The van der Waals surface area contributed by atoms with Crippen molar-refractivity contribution in [1.29, 1.82) is 0 Å². The predicted octanol–water partition coefficient (Wildman–Crippen LogP) is 17.2. The van der Waals surface area contributed by atoms with E-state index in [2.05, 4.69) is 159 Å². The van der Waals surface area contributed by atoms with Gasteiger partial charge in [0.2, 0.25) is 0 Å². The van der Waals surface area contributed by atoms with E-state index >= 15 is 0 Å². The number of allylic oxidation sites excluding steroid dienone is 1. The average Bonchev–Trinajstić information content (AvgIpc) is 3.46. The van der Waals surface area contributed by atoms with Gasteiger partial charge in [-0.1, -0.05) is 97.4 Å². The van der Waals surface area contributed by atoms with Gasteiger partial charge in [0.15, 0.2) is 0 Å². The van der Waals surface area contributed by atoms with Gasteiger partial charge in [-0.15, -0.1) is 0 Å². The third-order valence-corrected chi connectivity index (χ3v) is 13.6. The van der Waals surface area contributed by atoms with Crippen molar-refractivity contribution in [2.24, 2.45) is 0 Å². The first-order chi connectivity index (χ1) is 29.0. The molecule has 0 N–H and O–H groups in total. The third-order valence-electron chi connectivity index (χ3n) is 11.6. The van der Waals surface area contributed by atoms with Crippen LogP contribution in [-0.4, -0.2) is 0 Å². The van der Waals surface area contributed by atoms with Gasteiger partial charge < -0.3 is 25.8 Å². The summed E-state index contributed by atoms with van der Waals surface area (Å²) in [6.45, 7) is 17.0. The Balaban J connectivity index is 1.24. The van der Waals surface area contributed by atoms with Crippen LogP contribution in [0.3, 0.4) is 0 Å². The van der Waals surface area contributed by atoms with Crippen LogP contribution in [-0.2, 0) is 0 Å². The number of rotatable bonds is 5. The lowest BCUT2D eigenvalue weighted by Crippen LogP contribution is -2.02. The van der Waals surface area contributed by atoms with E-state index in [4.69, 9.17) is 25.8 Å². The van der Waals surface area contributed by atoms with E-state index in [1.54, 1.807) is 0 Å². The topological polar surface area (TPSA) is 71.0 Å². The largest absolute Gasteiger partial charge is 0.453 e. The quantitative estimate of drug-likeness (QED) is 0.172. The normalized spacial score (nSPS) is 14.2. The van der Waals surface area contributed by atoms with Gasteiger partial charge in [-0.2, -0.15) is 0 Å². The summed E-state index contributed by atoms with van der Waals surface area (Å²) in [6.07, 6.45) is 3.15. The minimum atomic E-state index is -1.99. The second kappa shape index (κ2) is 14.9. The van der Waals surface area contributed by atoms with Gasteiger partial charge >= 0.3 is 16.5 Å². The minimum absolute atomic E-state index is 0.153. The highest BCUT2D eigenvalue weighted by atomic mass is 31.1. The van der Waals surface area contributed by atoms with Crippen molar-refractivity contribution >= 4 is 77.0 Å². The lowest BCUT2D eigenvalue weighted by atomic mass is 9.88. The van der Waals surface area contributed by atoms with Gasteiger partial charge in [0, 0.05) is 38.8 Å².